The van der Waals surface area contributed by atoms with Gasteiger partial charge in [0.2, 0.25) is 0 Å². The van der Waals surface area contributed by atoms with E-state index in [0.29, 0.717) is 0 Å². The molecular formula is C13H18Cl2N4. The van der Waals surface area contributed by atoms with Crippen LogP contribution in [0.2, 0.25) is 0 Å². The van der Waals surface area contributed by atoms with E-state index < -0.39 is 0 Å². The van der Waals surface area contributed by atoms with E-state index >= 15 is 0 Å². The van der Waals surface area contributed by atoms with E-state index in [-0.39, 0.29) is 30.9 Å². The van der Waals surface area contributed by atoms with Crippen LogP contribution in [0, 0.1) is 6.92 Å². The Balaban J connectivity index is 0.000000902. The zero-order valence-electron chi connectivity index (χ0n) is 10.7. The lowest BCUT2D eigenvalue weighted by Crippen LogP contribution is -2.22. The van der Waals surface area contributed by atoms with Crippen molar-refractivity contribution in [2.75, 3.05) is 0 Å². The Morgan fingerprint density at radius 2 is 2.00 bits per heavy atom. The topological polar surface area (TPSA) is 56.7 Å². The Bertz CT molecular complexity index is 553. The minimum Gasteiger partial charge on any atom is -0.321 e. The molecule has 1 atom stereocenters. The largest absolute Gasteiger partial charge is 0.321 e. The minimum absolute atomic E-state index is 0. The molecule has 1 aromatic carbocycles. The first kappa shape index (κ1) is 16.0. The van der Waals surface area contributed by atoms with Crippen LogP contribution in [0.3, 0.4) is 0 Å². The predicted octanol–water partition coefficient (Wildman–Crippen LogP) is 2.89. The van der Waals surface area contributed by atoms with Crippen molar-refractivity contribution in [1.82, 2.24) is 14.8 Å². The van der Waals surface area contributed by atoms with Gasteiger partial charge in [0.15, 0.2) is 5.82 Å². The summed E-state index contributed by atoms with van der Waals surface area (Å²) in [6.45, 7) is 3.01. The van der Waals surface area contributed by atoms with Gasteiger partial charge < -0.3 is 5.73 Å². The molecule has 0 spiro atoms. The van der Waals surface area contributed by atoms with Gasteiger partial charge in [-0.3, -0.25) is 0 Å². The summed E-state index contributed by atoms with van der Waals surface area (Å²) in [4.78, 5) is 4.59. The maximum absolute atomic E-state index is 6.05. The maximum atomic E-state index is 6.05. The molecule has 1 aromatic heterocycles. The number of rotatable bonds is 1. The second kappa shape index (κ2) is 6.37. The first-order valence-electron chi connectivity index (χ1n) is 6.02. The fourth-order valence-corrected chi connectivity index (χ4v) is 2.32. The second-order valence-electron chi connectivity index (χ2n) is 4.58. The lowest BCUT2D eigenvalue weighted by atomic mass is 10.1. The highest BCUT2D eigenvalue weighted by Crippen LogP contribution is 2.25. The number of aryl methyl sites for hydroxylation is 2. The van der Waals surface area contributed by atoms with Crippen LogP contribution >= 0.6 is 24.8 Å². The number of halogens is 2. The molecule has 104 valence electrons. The number of aromatic nitrogens is 3. The third-order valence-corrected chi connectivity index (χ3v) is 3.30. The van der Waals surface area contributed by atoms with Crippen molar-refractivity contribution in [3.05, 3.63) is 35.7 Å². The summed E-state index contributed by atoms with van der Waals surface area (Å²) in [6.07, 6.45) is 2.09. The van der Waals surface area contributed by atoms with Crippen molar-refractivity contribution in [1.29, 1.82) is 0 Å². The summed E-state index contributed by atoms with van der Waals surface area (Å²) in [5, 5.41) is 4.56. The molecular weight excluding hydrogens is 283 g/mol. The van der Waals surface area contributed by atoms with Crippen molar-refractivity contribution in [2.24, 2.45) is 5.73 Å². The summed E-state index contributed by atoms with van der Waals surface area (Å²) in [6, 6.07) is 8.22. The number of nitrogens with two attached hydrogens (primary N) is 1. The summed E-state index contributed by atoms with van der Waals surface area (Å²) < 4.78 is 1.95. The normalized spacial score (nSPS) is 17.1. The molecule has 2 aromatic rings. The first-order valence-corrected chi connectivity index (χ1v) is 6.02. The predicted molar refractivity (Wildman–Crippen MR) is 80.9 cm³/mol. The Hall–Kier alpha value is -1.10. The SMILES string of the molecule is Cc1ccccc1-c1nc2n(n1)CCCC2N.Cl.Cl. The molecule has 0 fully saturated rings. The molecule has 1 aliphatic rings. The van der Waals surface area contributed by atoms with Crippen LogP contribution in [-0.2, 0) is 6.54 Å². The van der Waals surface area contributed by atoms with Crippen molar-refractivity contribution < 1.29 is 0 Å². The van der Waals surface area contributed by atoms with Gasteiger partial charge in [0.05, 0.1) is 6.04 Å². The first-order chi connectivity index (χ1) is 8.25. The standard InChI is InChI=1S/C13H16N4.2ClH/c1-9-5-2-3-6-10(9)12-15-13-11(14)7-4-8-17(13)16-12;;/h2-3,5-6,11H,4,7-8,14H2,1H3;2*1H. The lowest BCUT2D eigenvalue weighted by molar-refractivity contribution is 0.422. The number of benzene rings is 1. The van der Waals surface area contributed by atoms with Crippen molar-refractivity contribution in [3.8, 4) is 11.4 Å². The molecule has 2 heterocycles. The minimum atomic E-state index is 0. The Labute approximate surface area is 125 Å². The van der Waals surface area contributed by atoms with Crippen molar-refractivity contribution in [3.63, 3.8) is 0 Å². The van der Waals surface area contributed by atoms with Crippen LogP contribution < -0.4 is 5.73 Å². The average molecular weight is 301 g/mol. The van der Waals surface area contributed by atoms with Gasteiger partial charge in [0, 0.05) is 12.1 Å². The Morgan fingerprint density at radius 3 is 2.68 bits per heavy atom. The summed E-state index contributed by atoms with van der Waals surface area (Å²) in [5.41, 5.74) is 8.35. The van der Waals surface area contributed by atoms with E-state index in [0.717, 1.165) is 36.6 Å². The highest BCUT2D eigenvalue weighted by Gasteiger charge is 2.21. The molecule has 1 unspecified atom stereocenters. The van der Waals surface area contributed by atoms with Gasteiger partial charge in [-0.15, -0.1) is 24.8 Å². The fourth-order valence-electron chi connectivity index (χ4n) is 2.32. The Kier molecular flexibility index (Phi) is 5.35. The maximum Gasteiger partial charge on any atom is 0.181 e. The van der Waals surface area contributed by atoms with Gasteiger partial charge >= 0.3 is 0 Å². The summed E-state index contributed by atoms with van der Waals surface area (Å²) >= 11 is 0. The zero-order valence-corrected chi connectivity index (χ0v) is 12.4. The monoisotopic (exact) mass is 300 g/mol. The van der Waals surface area contributed by atoms with Crippen molar-refractivity contribution in [2.45, 2.75) is 32.4 Å². The van der Waals surface area contributed by atoms with E-state index in [2.05, 4.69) is 29.1 Å². The highest BCUT2D eigenvalue weighted by atomic mass is 35.5. The van der Waals surface area contributed by atoms with Gasteiger partial charge in [0.25, 0.3) is 0 Å². The molecule has 0 bridgehead atoms. The Morgan fingerprint density at radius 1 is 1.26 bits per heavy atom. The summed E-state index contributed by atoms with van der Waals surface area (Å²) in [7, 11) is 0. The molecule has 4 nitrogen and oxygen atoms in total. The number of nitrogens with zero attached hydrogens (tertiary/aromatic N) is 3. The van der Waals surface area contributed by atoms with Gasteiger partial charge in [-0.05, 0) is 25.3 Å². The van der Waals surface area contributed by atoms with Crippen LogP contribution in [0.15, 0.2) is 24.3 Å². The zero-order chi connectivity index (χ0) is 11.8. The van der Waals surface area contributed by atoms with Crippen LogP contribution in [0.5, 0.6) is 0 Å². The van der Waals surface area contributed by atoms with Gasteiger partial charge in [-0.1, -0.05) is 24.3 Å². The van der Waals surface area contributed by atoms with Crippen LogP contribution in [0.1, 0.15) is 30.3 Å². The van der Waals surface area contributed by atoms with Gasteiger partial charge in [0.1, 0.15) is 5.82 Å². The van der Waals surface area contributed by atoms with E-state index in [4.69, 9.17) is 5.73 Å². The fraction of sp³-hybridized carbons (Fsp3) is 0.385. The van der Waals surface area contributed by atoms with Crippen LogP contribution in [-0.4, -0.2) is 14.8 Å². The number of hydrogen-bond acceptors (Lipinski definition) is 3. The number of fused-ring (bicyclic) bond motifs is 1. The molecule has 2 N–H and O–H groups in total. The van der Waals surface area contributed by atoms with E-state index in [9.17, 15) is 0 Å². The van der Waals surface area contributed by atoms with Crippen LogP contribution in [0.25, 0.3) is 11.4 Å². The molecule has 19 heavy (non-hydrogen) atoms. The molecule has 1 aliphatic heterocycles. The van der Waals surface area contributed by atoms with Gasteiger partial charge in [-0.2, -0.15) is 5.10 Å². The van der Waals surface area contributed by atoms with E-state index in [1.165, 1.54) is 5.56 Å². The van der Waals surface area contributed by atoms with Crippen LogP contribution in [0.4, 0.5) is 0 Å². The quantitative estimate of drug-likeness (QED) is 0.881. The third-order valence-electron chi connectivity index (χ3n) is 3.30. The van der Waals surface area contributed by atoms with E-state index in [1.807, 2.05) is 16.8 Å². The molecule has 0 aliphatic carbocycles. The van der Waals surface area contributed by atoms with Crippen molar-refractivity contribution >= 4 is 24.8 Å². The highest BCUT2D eigenvalue weighted by molar-refractivity contribution is 5.85. The van der Waals surface area contributed by atoms with Gasteiger partial charge in [-0.25, -0.2) is 9.67 Å². The molecule has 0 saturated carbocycles. The average Bonchev–Trinajstić information content (AvgIpc) is 2.75. The molecule has 0 radical (unpaired) electrons. The molecule has 0 saturated heterocycles. The smallest absolute Gasteiger partial charge is 0.181 e. The lowest BCUT2D eigenvalue weighted by Gasteiger charge is -2.17. The van der Waals surface area contributed by atoms with E-state index in [1.54, 1.807) is 0 Å². The summed E-state index contributed by atoms with van der Waals surface area (Å²) in [5.74, 6) is 1.73. The molecule has 3 rings (SSSR count). The third kappa shape index (κ3) is 2.91. The molecule has 0 amide bonds. The molecule has 6 heteroatoms. The second-order valence-corrected chi connectivity index (χ2v) is 4.58. The number of hydrogen-bond donors (Lipinski definition) is 1.